The van der Waals surface area contributed by atoms with Gasteiger partial charge in [-0.3, -0.25) is 4.79 Å². The first-order chi connectivity index (χ1) is 8.28. The van der Waals surface area contributed by atoms with Gasteiger partial charge in [0.05, 0.1) is 12.1 Å². The van der Waals surface area contributed by atoms with E-state index in [2.05, 4.69) is 4.74 Å². The van der Waals surface area contributed by atoms with Gasteiger partial charge in [-0.1, -0.05) is 11.6 Å². The minimum atomic E-state index is -4.04. The van der Waals surface area contributed by atoms with Crippen LogP contribution in [0.1, 0.15) is 0 Å². The van der Waals surface area contributed by atoms with E-state index in [0.717, 1.165) is 29.6 Å². The summed E-state index contributed by atoms with van der Waals surface area (Å²) in [7, 11) is -1.73. The second-order valence-corrected chi connectivity index (χ2v) is 5.83. The van der Waals surface area contributed by atoms with Crippen LogP contribution >= 0.6 is 11.6 Å². The number of benzene rings is 1. The van der Waals surface area contributed by atoms with Gasteiger partial charge in [0.15, 0.2) is 0 Å². The summed E-state index contributed by atoms with van der Waals surface area (Å²) < 4.78 is 42.2. The van der Waals surface area contributed by atoms with E-state index in [1.807, 2.05) is 0 Å². The fraction of sp³-hybridized carbons (Fsp3) is 0.300. The molecular formula is C10H11ClFNO4S. The maximum absolute atomic E-state index is 13.0. The zero-order valence-electron chi connectivity index (χ0n) is 9.68. The van der Waals surface area contributed by atoms with E-state index in [0.29, 0.717) is 0 Å². The van der Waals surface area contributed by atoms with Crippen molar-refractivity contribution in [3.05, 3.63) is 29.0 Å². The zero-order chi connectivity index (χ0) is 13.9. The van der Waals surface area contributed by atoms with Crippen molar-refractivity contribution >= 4 is 27.6 Å². The third-order valence-corrected chi connectivity index (χ3v) is 4.45. The number of methoxy groups -OCH3 is 1. The van der Waals surface area contributed by atoms with E-state index in [1.165, 1.54) is 7.05 Å². The summed E-state index contributed by atoms with van der Waals surface area (Å²) in [5.41, 5.74) is 0. The lowest BCUT2D eigenvalue weighted by Crippen LogP contribution is -2.32. The minimum absolute atomic E-state index is 0.117. The molecule has 0 amide bonds. The lowest BCUT2D eigenvalue weighted by Gasteiger charge is -2.16. The summed E-state index contributed by atoms with van der Waals surface area (Å²) in [6.07, 6.45) is 0. The van der Waals surface area contributed by atoms with Crippen LogP contribution in [0, 0.1) is 5.82 Å². The molecular weight excluding hydrogens is 285 g/mol. The minimum Gasteiger partial charge on any atom is -0.468 e. The van der Waals surface area contributed by atoms with Gasteiger partial charge in [0.25, 0.3) is 0 Å². The van der Waals surface area contributed by atoms with Crippen LogP contribution in [0.2, 0.25) is 5.02 Å². The van der Waals surface area contributed by atoms with Gasteiger partial charge in [-0.2, -0.15) is 4.31 Å². The summed E-state index contributed by atoms with van der Waals surface area (Å²) in [4.78, 5) is 10.6. The summed E-state index contributed by atoms with van der Waals surface area (Å²) in [6, 6.07) is 2.98. The largest absolute Gasteiger partial charge is 0.468 e. The summed E-state index contributed by atoms with van der Waals surface area (Å²) in [5.74, 6) is -1.46. The maximum Gasteiger partial charge on any atom is 0.321 e. The standard InChI is InChI=1S/C10H11ClFNO4S/c1-13(6-10(14)17-2)18(15,16)9-5-7(12)3-4-8(9)11/h3-5H,6H2,1-2H3. The number of nitrogens with zero attached hydrogens (tertiary/aromatic N) is 1. The van der Waals surface area contributed by atoms with Crippen molar-refractivity contribution < 1.29 is 22.3 Å². The van der Waals surface area contributed by atoms with E-state index < -0.39 is 33.3 Å². The molecule has 0 aliphatic carbocycles. The molecule has 0 aliphatic rings. The fourth-order valence-electron chi connectivity index (χ4n) is 1.17. The van der Waals surface area contributed by atoms with Crippen molar-refractivity contribution in [2.45, 2.75) is 4.90 Å². The lowest BCUT2D eigenvalue weighted by atomic mass is 10.3. The monoisotopic (exact) mass is 295 g/mol. The smallest absolute Gasteiger partial charge is 0.321 e. The van der Waals surface area contributed by atoms with Crippen molar-refractivity contribution in [3.63, 3.8) is 0 Å². The van der Waals surface area contributed by atoms with Crippen LogP contribution in [-0.2, 0) is 19.6 Å². The Balaban J connectivity index is 3.13. The number of likely N-dealkylation sites (N-methyl/N-ethyl adjacent to an activating group) is 1. The Morgan fingerprint density at radius 2 is 2.11 bits per heavy atom. The molecule has 0 heterocycles. The van der Waals surface area contributed by atoms with E-state index in [9.17, 15) is 17.6 Å². The molecule has 100 valence electrons. The van der Waals surface area contributed by atoms with Gasteiger partial charge in [0, 0.05) is 7.05 Å². The third kappa shape index (κ3) is 3.18. The van der Waals surface area contributed by atoms with Crippen LogP contribution in [0.15, 0.2) is 23.1 Å². The molecule has 18 heavy (non-hydrogen) atoms. The number of hydrogen-bond acceptors (Lipinski definition) is 4. The summed E-state index contributed by atoms with van der Waals surface area (Å²) in [5, 5.41) is -0.117. The first-order valence-corrected chi connectivity index (χ1v) is 6.59. The first kappa shape index (κ1) is 14.9. The number of halogens is 2. The van der Waals surface area contributed by atoms with Crippen LogP contribution in [0.25, 0.3) is 0 Å². The second-order valence-electron chi connectivity index (χ2n) is 3.41. The molecule has 0 saturated carbocycles. The molecule has 8 heteroatoms. The maximum atomic E-state index is 13.0. The van der Waals surface area contributed by atoms with Gasteiger partial charge < -0.3 is 4.74 Å². The Kier molecular flexibility index (Phi) is 4.66. The molecule has 0 fully saturated rings. The third-order valence-electron chi connectivity index (χ3n) is 2.16. The molecule has 0 spiro atoms. The molecule has 0 saturated heterocycles. The molecule has 1 rings (SSSR count). The number of carbonyl (C=O) groups excluding carboxylic acids is 1. The summed E-state index contributed by atoms with van der Waals surface area (Å²) >= 11 is 5.71. The molecule has 0 bridgehead atoms. The van der Waals surface area contributed by atoms with E-state index in [4.69, 9.17) is 11.6 Å². The SMILES string of the molecule is COC(=O)CN(C)S(=O)(=O)c1cc(F)ccc1Cl. The van der Waals surface area contributed by atoms with Gasteiger partial charge in [-0.05, 0) is 18.2 Å². The topological polar surface area (TPSA) is 63.7 Å². The van der Waals surface area contributed by atoms with Crippen molar-refractivity contribution in [2.24, 2.45) is 0 Å². The Labute approximate surface area is 109 Å². The molecule has 1 aromatic rings. The van der Waals surface area contributed by atoms with Crippen LogP contribution in [-0.4, -0.2) is 39.4 Å². The highest BCUT2D eigenvalue weighted by atomic mass is 35.5. The molecule has 0 atom stereocenters. The Bertz CT molecular complexity index is 561. The van der Waals surface area contributed by atoms with Gasteiger partial charge in [0.1, 0.15) is 17.3 Å². The Morgan fingerprint density at radius 1 is 1.50 bits per heavy atom. The van der Waals surface area contributed by atoms with Gasteiger partial charge in [0.2, 0.25) is 10.0 Å². The van der Waals surface area contributed by atoms with Crippen LogP contribution in [0.5, 0.6) is 0 Å². The highest BCUT2D eigenvalue weighted by Gasteiger charge is 2.26. The van der Waals surface area contributed by atoms with Crippen LogP contribution in [0.3, 0.4) is 0 Å². The van der Waals surface area contributed by atoms with Crippen molar-refractivity contribution in [2.75, 3.05) is 20.7 Å². The average Bonchev–Trinajstić information content (AvgIpc) is 2.31. The zero-order valence-corrected chi connectivity index (χ0v) is 11.3. The number of ether oxygens (including phenoxy) is 1. The van der Waals surface area contributed by atoms with E-state index in [1.54, 1.807) is 0 Å². The normalized spacial score (nSPS) is 11.6. The number of carbonyl (C=O) groups is 1. The first-order valence-electron chi connectivity index (χ1n) is 4.77. The van der Waals surface area contributed by atoms with Crippen molar-refractivity contribution in [1.82, 2.24) is 4.31 Å². The molecule has 1 aromatic carbocycles. The predicted octanol–water partition coefficient (Wildman–Crippen LogP) is 1.27. The fourth-order valence-corrected chi connectivity index (χ4v) is 2.77. The van der Waals surface area contributed by atoms with Crippen molar-refractivity contribution in [3.8, 4) is 0 Å². The number of hydrogen-bond donors (Lipinski definition) is 0. The van der Waals surface area contributed by atoms with Gasteiger partial charge >= 0.3 is 5.97 Å². The molecule has 0 N–H and O–H groups in total. The van der Waals surface area contributed by atoms with E-state index in [-0.39, 0.29) is 5.02 Å². The molecule has 0 unspecified atom stereocenters. The molecule has 0 aromatic heterocycles. The number of esters is 1. The van der Waals surface area contributed by atoms with Gasteiger partial charge in [-0.25, -0.2) is 12.8 Å². The summed E-state index contributed by atoms with van der Waals surface area (Å²) in [6.45, 7) is -0.480. The second kappa shape index (κ2) is 5.64. The average molecular weight is 296 g/mol. The Hall–Kier alpha value is -1.18. The Morgan fingerprint density at radius 3 is 2.67 bits per heavy atom. The van der Waals surface area contributed by atoms with Crippen molar-refractivity contribution in [1.29, 1.82) is 0 Å². The van der Waals surface area contributed by atoms with Crippen LogP contribution in [0.4, 0.5) is 4.39 Å². The molecule has 0 radical (unpaired) electrons. The number of sulfonamides is 1. The van der Waals surface area contributed by atoms with Gasteiger partial charge in [-0.15, -0.1) is 0 Å². The number of rotatable bonds is 4. The van der Waals surface area contributed by atoms with E-state index >= 15 is 0 Å². The van der Waals surface area contributed by atoms with Crippen LogP contribution < -0.4 is 0 Å². The highest BCUT2D eigenvalue weighted by molar-refractivity contribution is 7.89. The molecule has 5 nitrogen and oxygen atoms in total. The lowest BCUT2D eigenvalue weighted by molar-refractivity contribution is -0.140. The highest BCUT2D eigenvalue weighted by Crippen LogP contribution is 2.24. The quantitative estimate of drug-likeness (QED) is 0.785. The molecule has 0 aliphatic heterocycles. The predicted molar refractivity (Wildman–Crippen MR) is 63.2 cm³/mol.